The molecular formula is C26H30F3N5O2. The van der Waals surface area contributed by atoms with Crippen molar-refractivity contribution in [3.8, 4) is 28.1 Å². The second-order valence-corrected chi connectivity index (χ2v) is 10.7. The van der Waals surface area contributed by atoms with Crippen molar-refractivity contribution in [3.63, 3.8) is 0 Å². The van der Waals surface area contributed by atoms with Gasteiger partial charge in [0.05, 0.1) is 5.69 Å². The van der Waals surface area contributed by atoms with Crippen molar-refractivity contribution in [2.24, 2.45) is 0 Å². The third-order valence-corrected chi connectivity index (χ3v) is 6.54. The number of benzene rings is 1. The second-order valence-electron chi connectivity index (χ2n) is 10.7. The van der Waals surface area contributed by atoms with Gasteiger partial charge in [-0.1, -0.05) is 6.07 Å². The minimum absolute atomic E-state index is 0.0196. The first-order valence-electron chi connectivity index (χ1n) is 11.6. The maximum atomic E-state index is 13.1. The first-order valence-corrected chi connectivity index (χ1v) is 11.6. The number of phenolic OH excluding ortho intramolecular Hbond substituents is 1. The molecule has 1 aromatic carbocycles. The summed E-state index contributed by atoms with van der Waals surface area (Å²) in [5.41, 5.74) is -1.29. The van der Waals surface area contributed by atoms with Crippen LogP contribution in [0, 0.1) is 0 Å². The maximum Gasteiger partial charge on any atom is 0.421 e. The fourth-order valence-electron chi connectivity index (χ4n) is 5.18. The van der Waals surface area contributed by atoms with Crippen LogP contribution in [0.3, 0.4) is 0 Å². The first kappa shape index (κ1) is 25.7. The lowest BCUT2D eigenvalue weighted by Gasteiger charge is -2.49. The van der Waals surface area contributed by atoms with Gasteiger partial charge < -0.3 is 20.3 Å². The van der Waals surface area contributed by atoms with Gasteiger partial charge in [0.1, 0.15) is 11.3 Å². The number of rotatable bonds is 4. The minimum atomic E-state index is -4.78. The van der Waals surface area contributed by atoms with Crippen LogP contribution in [-0.4, -0.2) is 44.5 Å². The van der Waals surface area contributed by atoms with E-state index in [0.717, 1.165) is 18.9 Å². The minimum Gasteiger partial charge on any atom is -0.507 e. The molecule has 3 aromatic rings. The van der Waals surface area contributed by atoms with Gasteiger partial charge in [0.2, 0.25) is 0 Å². The van der Waals surface area contributed by atoms with Gasteiger partial charge in [-0.05, 0) is 82.0 Å². The van der Waals surface area contributed by atoms with Gasteiger partial charge in [-0.15, -0.1) is 10.2 Å². The highest BCUT2D eigenvalue weighted by Crippen LogP contribution is 2.36. The molecule has 0 atom stereocenters. The van der Waals surface area contributed by atoms with E-state index in [1.54, 1.807) is 18.2 Å². The smallest absolute Gasteiger partial charge is 0.421 e. The average Bonchev–Trinajstić information content (AvgIpc) is 2.76. The number of pyridine rings is 1. The quantitative estimate of drug-likeness (QED) is 0.468. The van der Waals surface area contributed by atoms with Gasteiger partial charge in [-0.25, -0.2) is 0 Å². The molecular weight excluding hydrogens is 471 g/mol. The summed E-state index contributed by atoms with van der Waals surface area (Å²) in [5, 5.41) is 22.9. The van der Waals surface area contributed by atoms with Crippen molar-refractivity contribution in [1.29, 1.82) is 0 Å². The number of anilines is 1. The van der Waals surface area contributed by atoms with E-state index >= 15 is 0 Å². The Morgan fingerprint density at radius 3 is 2.22 bits per heavy atom. The van der Waals surface area contributed by atoms with Crippen LogP contribution < -0.4 is 15.8 Å². The van der Waals surface area contributed by atoms with E-state index < -0.39 is 17.3 Å². The summed E-state index contributed by atoms with van der Waals surface area (Å²) in [6.45, 7) is 8.75. The third-order valence-electron chi connectivity index (χ3n) is 6.54. The molecule has 36 heavy (non-hydrogen) atoms. The second kappa shape index (κ2) is 8.92. The molecule has 1 fully saturated rings. The molecule has 7 nitrogen and oxygen atoms in total. The Hall–Kier alpha value is -3.40. The maximum absolute atomic E-state index is 13.1. The van der Waals surface area contributed by atoms with Gasteiger partial charge in [0, 0.05) is 35.9 Å². The fraction of sp³-hybridized carbons (Fsp3) is 0.423. The molecule has 1 saturated heterocycles. The molecule has 3 N–H and O–H groups in total. The van der Waals surface area contributed by atoms with Gasteiger partial charge in [-0.2, -0.15) is 13.2 Å². The van der Waals surface area contributed by atoms with Crippen LogP contribution in [0.25, 0.3) is 22.4 Å². The molecule has 4 rings (SSSR count). The lowest BCUT2D eigenvalue weighted by molar-refractivity contribution is -0.138. The Morgan fingerprint density at radius 2 is 1.67 bits per heavy atom. The molecule has 192 valence electrons. The molecule has 0 amide bonds. The lowest BCUT2D eigenvalue weighted by Crippen LogP contribution is -2.62. The zero-order valence-corrected chi connectivity index (χ0v) is 20.9. The van der Waals surface area contributed by atoms with Gasteiger partial charge in [-0.3, -0.25) is 4.79 Å². The molecule has 0 aliphatic carbocycles. The van der Waals surface area contributed by atoms with E-state index in [4.69, 9.17) is 0 Å². The summed E-state index contributed by atoms with van der Waals surface area (Å²) < 4.78 is 39.3. The highest BCUT2D eigenvalue weighted by molar-refractivity contribution is 5.74. The van der Waals surface area contributed by atoms with Crippen molar-refractivity contribution in [2.45, 2.75) is 63.8 Å². The van der Waals surface area contributed by atoms with Crippen molar-refractivity contribution >= 4 is 5.82 Å². The number of nitrogens with one attached hydrogen (secondary N) is 2. The Labute approximate surface area is 207 Å². The largest absolute Gasteiger partial charge is 0.507 e. The van der Waals surface area contributed by atoms with Gasteiger partial charge >= 0.3 is 6.18 Å². The van der Waals surface area contributed by atoms with E-state index in [1.165, 1.54) is 12.3 Å². The number of halogens is 3. The number of aromatic amines is 1. The molecule has 0 bridgehead atoms. The summed E-state index contributed by atoms with van der Waals surface area (Å²) in [4.78, 5) is 15.8. The Balaban J connectivity index is 1.57. The predicted octanol–water partition coefficient (Wildman–Crippen LogP) is 4.97. The van der Waals surface area contributed by atoms with Crippen LogP contribution in [0.2, 0.25) is 0 Å². The van der Waals surface area contributed by atoms with Crippen molar-refractivity contribution in [3.05, 3.63) is 58.5 Å². The lowest BCUT2D eigenvalue weighted by atomic mass is 9.79. The number of aromatic nitrogens is 3. The molecule has 10 heteroatoms. The Bertz CT molecular complexity index is 1300. The summed E-state index contributed by atoms with van der Waals surface area (Å²) in [6.07, 6.45) is -1.71. The number of alkyl halides is 3. The first-order chi connectivity index (χ1) is 16.7. The Kier molecular flexibility index (Phi) is 6.36. The number of nitrogens with zero attached hydrogens (tertiary/aromatic N) is 3. The van der Waals surface area contributed by atoms with E-state index in [-0.39, 0.29) is 28.4 Å². The average molecular weight is 502 g/mol. The number of H-pyrrole nitrogens is 1. The molecule has 1 aliphatic heterocycles. The molecule has 3 heterocycles. The molecule has 2 aromatic heterocycles. The fourth-order valence-corrected chi connectivity index (χ4v) is 5.18. The zero-order valence-electron chi connectivity index (χ0n) is 20.9. The Morgan fingerprint density at radius 1 is 1.00 bits per heavy atom. The predicted molar refractivity (Wildman–Crippen MR) is 133 cm³/mol. The van der Waals surface area contributed by atoms with Crippen molar-refractivity contribution < 1.29 is 18.3 Å². The van der Waals surface area contributed by atoms with Crippen LogP contribution >= 0.6 is 0 Å². The number of aromatic hydroxyl groups is 1. The van der Waals surface area contributed by atoms with Crippen molar-refractivity contribution in [2.75, 3.05) is 11.9 Å². The number of hydrogen-bond donors (Lipinski definition) is 3. The summed E-state index contributed by atoms with van der Waals surface area (Å²) in [7, 11) is 2.00. The highest BCUT2D eigenvalue weighted by atomic mass is 19.4. The summed E-state index contributed by atoms with van der Waals surface area (Å²) in [5.74, 6) is 0.547. The molecule has 0 radical (unpaired) electrons. The van der Waals surface area contributed by atoms with E-state index in [1.807, 2.05) is 13.1 Å². The number of piperidine rings is 1. The van der Waals surface area contributed by atoms with Gasteiger partial charge in [0.15, 0.2) is 5.82 Å². The summed E-state index contributed by atoms with van der Waals surface area (Å²) in [6, 6.07) is 9.09. The monoisotopic (exact) mass is 501 g/mol. The van der Waals surface area contributed by atoms with Crippen LogP contribution in [-0.2, 0) is 6.18 Å². The molecule has 0 unspecified atom stereocenters. The van der Waals surface area contributed by atoms with Crippen molar-refractivity contribution in [1.82, 2.24) is 20.5 Å². The third kappa shape index (κ3) is 5.38. The topological polar surface area (TPSA) is 94.1 Å². The molecule has 1 aliphatic rings. The van der Waals surface area contributed by atoms with E-state index in [0.29, 0.717) is 22.6 Å². The standard InChI is InChI=1S/C26H30F3N5O2/c1-24(2)12-17(13-25(3,4)33-24)34(5)22-9-8-20(31-32-22)18-7-6-15(11-21(18)35)16-10-19(26(27,28)29)23(36)30-14-16/h6-11,14,17,33,35H,12-13H2,1-5H3,(H,30,36). The normalized spacial score (nSPS) is 17.7. The van der Waals surface area contributed by atoms with E-state index in [9.17, 15) is 23.1 Å². The number of phenols is 1. The zero-order chi connectivity index (χ0) is 26.5. The van der Waals surface area contributed by atoms with Gasteiger partial charge in [0.25, 0.3) is 5.56 Å². The van der Waals surface area contributed by atoms with Crippen LogP contribution in [0.15, 0.2) is 47.4 Å². The molecule has 0 saturated carbocycles. The van der Waals surface area contributed by atoms with Crippen LogP contribution in [0.5, 0.6) is 5.75 Å². The number of hydrogen-bond acceptors (Lipinski definition) is 6. The van der Waals surface area contributed by atoms with Crippen LogP contribution in [0.4, 0.5) is 19.0 Å². The summed E-state index contributed by atoms with van der Waals surface area (Å²) >= 11 is 0. The SMILES string of the molecule is CN(c1ccc(-c2ccc(-c3c[nH]c(=O)c(C(F)(F)F)c3)cc2O)nn1)C1CC(C)(C)NC(C)(C)C1. The van der Waals surface area contributed by atoms with E-state index in [2.05, 4.69) is 53.1 Å². The highest BCUT2D eigenvalue weighted by Gasteiger charge is 2.39. The van der Waals surface area contributed by atoms with Crippen LogP contribution in [0.1, 0.15) is 46.1 Å². The molecule has 0 spiro atoms.